The second kappa shape index (κ2) is 7.54. The molecule has 0 atom stereocenters. The van der Waals surface area contributed by atoms with E-state index in [1.165, 1.54) is 0 Å². The van der Waals surface area contributed by atoms with Crippen LogP contribution in [-0.2, 0) is 9.53 Å². The molecule has 0 saturated carbocycles. The Kier molecular flexibility index (Phi) is 8.27. The first kappa shape index (κ1) is 13.2. The maximum Gasteiger partial charge on any atom is 0.306 e. The van der Waals surface area contributed by atoms with E-state index in [1.807, 2.05) is 6.92 Å². The van der Waals surface area contributed by atoms with Crippen LogP contribution < -0.4 is 0 Å². The maximum absolute atomic E-state index is 10.9. The summed E-state index contributed by atoms with van der Waals surface area (Å²) in [5.74, 6) is -0.128. The summed E-state index contributed by atoms with van der Waals surface area (Å²) in [6.45, 7) is 2.33. The largest absolute Gasteiger partial charge is 0.460 e. The van der Waals surface area contributed by atoms with Crippen molar-refractivity contribution >= 4 is 67.1 Å². The summed E-state index contributed by atoms with van der Waals surface area (Å²) in [4.78, 5) is 10.9. The molecule has 12 heavy (non-hydrogen) atoms. The zero-order valence-corrected chi connectivity index (χ0v) is 12.5. The molecule has 0 aliphatic rings. The van der Waals surface area contributed by atoms with E-state index in [0.717, 1.165) is 12.5 Å². The van der Waals surface area contributed by atoms with Crippen molar-refractivity contribution in [2.24, 2.45) is 0 Å². The lowest BCUT2D eigenvalue weighted by molar-refractivity contribution is -0.142. The summed E-state index contributed by atoms with van der Waals surface area (Å²) in [6, 6.07) is 0. The Morgan fingerprint density at radius 3 is 2.50 bits per heavy atom. The molecule has 0 aromatic rings. The summed E-state index contributed by atoms with van der Waals surface area (Å²) in [5, 5.41) is 0. The highest BCUT2D eigenvalue weighted by atomic mass is 127. The van der Waals surface area contributed by atoms with Crippen LogP contribution in [0.5, 0.6) is 0 Å². The Hall–Kier alpha value is 1.15. The molecule has 0 fully saturated rings. The van der Waals surface area contributed by atoms with Gasteiger partial charge in [-0.1, -0.05) is 6.92 Å². The van der Waals surface area contributed by atoms with Gasteiger partial charge in [0.05, 0.1) is 2.49 Å². The summed E-state index contributed by atoms with van der Waals surface area (Å²) in [6.07, 6.45) is 1.34. The van der Waals surface area contributed by atoms with E-state index in [-0.39, 0.29) is 5.97 Å². The number of esters is 1. The number of hydrogen-bond donors (Lipinski definition) is 0. The van der Waals surface area contributed by atoms with Gasteiger partial charge in [0.25, 0.3) is 0 Å². The molecule has 0 heterocycles. The highest BCUT2D eigenvalue weighted by Crippen LogP contribution is 2.24. The second-order valence-electron chi connectivity index (χ2n) is 2.08. The molecule has 2 nitrogen and oxygen atoms in total. The van der Waals surface area contributed by atoms with Gasteiger partial charge in [-0.25, -0.2) is 0 Å². The van der Waals surface area contributed by atoms with Crippen molar-refractivity contribution in [1.82, 2.24) is 0 Å². The Morgan fingerprint density at radius 1 is 1.50 bits per heavy atom. The normalized spacial score (nSPS) is 12.3. The summed E-state index contributed by atoms with van der Waals surface area (Å²) >= 11 is 7.57. The van der Waals surface area contributed by atoms with Crippen LogP contribution in [0.25, 0.3) is 0 Å². The van der Waals surface area contributed by atoms with Crippen molar-refractivity contribution in [2.45, 2.75) is 19.8 Å². The molecule has 0 unspecified atom stereocenters. The van der Waals surface area contributed by atoms with Gasteiger partial charge in [0.1, 0.15) is 6.61 Å². The molecule has 0 amide bonds. The zero-order chi connectivity index (χ0) is 9.56. The fraction of sp³-hybridized carbons (Fsp3) is 0.571. The number of halogens is 3. The van der Waals surface area contributed by atoms with E-state index in [1.54, 1.807) is 0 Å². The monoisotopic (exact) mass is 458 g/mol. The van der Waals surface area contributed by atoms with Crippen LogP contribution >= 0.6 is 61.1 Å². The first-order valence-corrected chi connectivity index (χ1v) is 6.38. The molecule has 0 aliphatic carbocycles. The molecular formula is C7H9BrI2O2. The standard InChI is InChI=1S/C7H9BrI2O2/c1-2-3-6(11)12-4-5(9)7(8)10/h2-4H2,1H3. The average Bonchev–Trinajstić information content (AvgIpc) is 2.00. The third kappa shape index (κ3) is 6.64. The van der Waals surface area contributed by atoms with Gasteiger partial charge in [-0.05, 0) is 67.5 Å². The Balaban J connectivity index is 3.69. The minimum atomic E-state index is -0.128. The molecule has 0 radical (unpaired) electrons. The van der Waals surface area contributed by atoms with E-state index < -0.39 is 0 Å². The van der Waals surface area contributed by atoms with E-state index >= 15 is 0 Å². The molecule has 5 heteroatoms. The summed E-state index contributed by atoms with van der Waals surface area (Å²) in [5.41, 5.74) is 0. The molecular weight excluding hydrogens is 450 g/mol. The quantitative estimate of drug-likeness (QED) is 0.473. The minimum absolute atomic E-state index is 0.128. The van der Waals surface area contributed by atoms with Crippen molar-refractivity contribution in [3.05, 3.63) is 6.07 Å². The lowest BCUT2D eigenvalue weighted by Crippen LogP contribution is -2.04. The predicted octanol–water partition coefficient (Wildman–Crippen LogP) is 3.76. The Labute approximate surface area is 108 Å². The number of hydrogen-bond acceptors (Lipinski definition) is 2. The van der Waals surface area contributed by atoms with Crippen LogP contribution in [0.15, 0.2) is 6.07 Å². The van der Waals surface area contributed by atoms with Crippen LogP contribution in [0.3, 0.4) is 0 Å². The Bertz CT molecular complexity index is 188. The van der Waals surface area contributed by atoms with E-state index in [9.17, 15) is 4.79 Å². The molecule has 0 aromatic heterocycles. The van der Waals surface area contributed by atoms with Gasteiger partial charge in [-0.15, -0.1) is 0 Å². The van der Waals surface area contributed by atoms with Crippen molar-refractivity contribution < 1.29 is 9.53 Å². The first-order chi connectivity index (χ1) is 5.57. The number of ether oxygens (including phenoxy) is 1. The average molecular weight is 459 g/mol. The van der Waals surface area contributed by atoms with Gasteiger partial charge < -0.3 is 4.74 Å². The van der Waals surface area contributed by atoms with Crippen molar-refractivity contribution in [1.29, 1.82) is 0 Å². The molecule has 0 aromatic carbocycles. The molecule has 0 rings (SSSR count). The van der Waals surface area contributed by atoms with Crippen LogP contribution in [0, 0.1) is 0 Å². The van der Waals surface area contributed by atoms with Crippen molar-refractivity contribution in [3.63, 3.8) is 0 Å². The molecule has 0 aliphatic heterocycles. The molecule has 0 bridgehead atoms. The maximum atomic E-state index is 10.9. The SMILES string of the molecule is CCCC(=O)OCC(I)=C(Br)I. The Morgan fingerprint density at radius 2 is 2.08 bits per heavy atom. The van der Waals surface area contributed by atoms with Crippen LogP contribution in [0.1, 0.15) is 19.8 Å². The fourth-order valence-electron chi connectivity index (χ4n) is 0.475. The van der Waals surface area contributed by atoms with E-state index in [0.29, 0.717) is 13.0 Å². The fourth-order valence-corrected chi connectivity index (χ4v) is 0.901. The number of rotatable bonds is 4. The van der Waals surface area contributed by atoms with Gasteiger partial charge >= 0.3 is 5.97 Å². The third-order valence-corrected chi connectivity index (χ3v) is 4.77. The van der Waals surface area contributed by atoms with Gasteiger partial charge in [-0.2, -0.15) is 0 Å². The van der Waals surface area contributed by atoms with Gasteiger partial charge in [0, 0.05) is 10.0 Å². The highest BCUT2D eigenvalue weighted by molar-refractivity contribution is 14.1. The van der Waals surface area contributed by atoms with Gasteiger partial charge in [-0.3, -0.25) is 4.79 Å². The first-order valence-electron chi connectivity index (χ1n) is 3.43. The number of carbonyl (C=O) groups excluding carboxylic acids is 1. The van der Waals surface area contributed by atoms with Crippen LogP contribution in [0.2, 0.25) is 0 Å². The molecule has 0 saturated heterocycles. The van der Waals surface area contributed by atoms with Crippen LogP contribution in [-0.4, -0.2) is 12.6 Å². The topological polar surface area (TPSA) is 26.3 Å². The van der Waals surface area contributed by atoms with E-state index in [4.69, 9.17) is 4.74 Å². The number of carbonyl (C=O) groups is 1. The summed E-state index contributed by atoms with van der Waals surface area (Å²) < 4.78 is 6.97. The molecule has 0 spiro atoms. The minimum Gasteiger partial charge on any atom is -0.460 e. The lowest BCUT2D eigenvalue weighted by Gasteiger charge is -2.02. The van der Waals surface area contributed by atoms with Gasteiger partial charge in [0.2, 0.25) is 0 Å². The van der Waals surface area contributed by atoms with Gasteiger partial charge in [0.15, 0.2) is 0 Å². The highest BCUT2D eigenvalue weighted by Gasteiger charge is 2.03. The van der Waals surface area contributed by atoms with Crippen LogP contribution in [0.4, 0.5) is 0 Å². The van der Waals surface area contributed by atoms with Crippen molar-refractivity contribution in [2.75, 3.05) is 6.61 Å². The molecule has 0 N–H and O–H groups in total. The lowest BCUT2D eigenvalue weighted by atomic mass is 10.3. The van der Waals surface area contributed by atoms with E-state index in [2.05, 4.69) is 61.1 Å². The zero-order valence-electron chi connectivity index (χ0n) is 6.57. The molecule has 70 valence electrons. The predicted molar refractivity (Wildman–Crippen MR) is 69.9 cm³/mol. The second-order valence-corrected chi connectivity index (χ2v) is 6.73. The summed E-state index contributed by atoms with van der Waals surface area (Å²) in [7, 11) is 0. The third-order valence-electron chi connectivity index (χ3n) is 1.02. The smallest absolute Gasteiger partial charge is 0.306 e. The van der Waals surface area contributed by atoms with Crippen molar-refractivity contribution in [3.8, 4) is 0 Å².